The second-order valence-corrected chi connectivity index (χ2v) is 10.9. The number of amides is 1. The zero-order chi connectivity index (χ0) is 28.1. The van der Waals surface area contributed by atoms with Gasteiger partial charge in [-0.1, -0.05) is 39.8 Å². The van der Waals surface area contributed by atoms with Crippen molar-refractivity contribution in [3.05, 3.63) is 64.7 Å². The summed E-state index contributed by atoms with van der Waals surface area (Å²) in [5.41, 5.74) is 2.37. The van der Waals surface area contributed by atoms with Gasteiger partial charge in [0.2, 0.25) is 0 Å². The number of carbonyl (C=O) groups is 2. The van der Waals surface area contributed by atoms with Crippen LogP contribution in [0, 0.1) is 5.92 Å². The van der Waals surface area contributed by atoms with Crippen molar-refractivity contribution in [1.29, 1.82) is 0 Å². The fourth-order valence-electron chi connectivity index (χ4n) is 5.37. The quantitative estimate of drug-likeness (QED) is 0.217. The molecule has 1 N–H and O–H groups in total. The number of carbonyl (C=O) groups excluding carboxylic acids is 2. The van der Waals surface area contributed by atoms with Gasteiger partial charge in [-0.2, -0.15) is 0 Å². The van der Waals surface area contributed by atoms with E-state index in [0.29, 0.717) is 30.4 Å². The molecule has 210 valence electrons. The van der Waals surface area contributed by atoms with Crippen molar-refractivity contribution in [2.24, 2.45) is 5.92 Å². The monoisotopic (exact) mass is 534 g/mol. The molecule has 0 saturated carbocycles. The van der Waals surface area contributed by atoms with Crippen molar-refractivity contribution < 1.29 is 24.2 Å². The Labute approximate surface area is 232 Å². The van der Waals surface area contributed by atoms with E-state index in [0.717, 1.165) is 55.8 Å². The lowest BCUT2D eigenvalue weighted by Gasteiger charge is -2.27. The number of aliphatic hydroxyl groups is 1. The van der Waals surface area contributed by atoms with Crippen LogP contribution in [0.1, 0.15) is 70.2 Å². The van der Waals surface area contributed by atoms with E-state index in [4.69, 9.17) is 9.47 Å². The van der Waals surface area contributed by atoms with Gasteiger partial charge in [0.15, 0.2) is 0 Å². The van der Waals surface area contributed by atoms with E-state index in [9.17, 15) is 14.7 Å². The predicted molar refractivity (Wildman–Crippen MR) is 153 cm³/mol. The van der Waals surface area contributed by atoms with Gasteiger partial charge in [-0.3, -0.25) is 9.59 Å². The first-order valence-corrected chi connectivity index (χ1v) is 14.3. The van der Waals surface area contributed by atoms with Gasteiger partial charge in [-0.25, -0.2) is 0 Å². The number of ketones is 1. The lowest BCUT2D eigenvalue weighted by atomic mass is 9.94. The van der Waals surface area contributed by atoms with Gasteiger partial charge in [-0.05, 0) is 86.8 Å². The number of rotatable bonds is 12. The van der Waals surface area contributed by atoms with Crippen LogP contribution in [0.25, 0.3) is 5.76 Å². The van der Waals surface area contributed by atoms with Gasteiger partial charge in [-0.15, -0.1) is 0 Å². The minimum Gasteiger partial charge on any atom is -0.507 e. The van der Waals surface area contributed by atoms with Gasteiger partial charge in [0, 0.05) is 18.5 Å². The van der Waals surface area contributed by atoms with Crippen LogP contribution < -0.4 is 9.47 Å². The van der Waals surface area contributed by atoms with Crippen LogP contribution in [0.15, 0.2) is 48.0 Å². The highest BCUT2D eigenvalue weighted by atomic mass is 16.5. The van der Waals surface area contributed by atoms with Crippen LogP contribution in [-0.4, -0.2) is 65.5 Å². The fraction of sp³-hybridized carbons (Fsp3) is 0.500. The molecule has 0 radical (unpaired) electrons. The average Bonchev–Trinajstić information content (AvgIpc) is 3.41. The Morgan fingerprint density at radius 3 is 2.64 bits per heavy atom. The lowest BCUT2D eigenvalue weighted by molar-refractivity contribution is -0.140. The van der Waals surface area contributed by atoms with Gasteiger partial charge < -0.3 is 24.4 Å². The molecule has 2 aliphatic rings. The Kier molecular flexibility index (Phi) is 9.33. The smallest absolute Gasteiger partial charge is 0.295 e. The van der Waals surface area contributed by atoms with Gasteiger partial charge >= 0.3 is 0 Å². The first-order valence-electron chi connectivity index (χ1n) is 14.3. The summed E-state index contributed by atoms with van der Waals surface area (Å²) in [6.45, 7) is 14.2. The highest BCUT2D eigenvalue weighted by Gasteiger charge is 2.46. The second kappa shape index (κ2) is 12.7. The van der Waals surface area contributed by atoms with Crippen molar-refractivity contribution in [2.75, 3.05) is 32.8 Å². The second-order valence-electron chi connectivity index (χ2n) is 10.9. The van der Waals surface area contributed by atoms with E-state index < -0.39 is 17.7 Å². The Balaban J connectivity index is 1.71. The van der Waals surface area contributed by atoms with E-state index in [1.54, 1.807) is 11.0 Å². The van der Waals surface area contributed by atoms with Crippen LogP contribution in [0.3, 0.4) is 0 Å². The molecule has 0 unspecified atom stereocenters. The fourth-order valence-corrected chi connectivity index (χ4v) is 5.37. The van der Waals surface area contributed by atoms with Gasteiger partial charge in [0.1, 0.15) is 23.4 Å². The van der Waals surface area contributed by atoms with Gasteiger partial charge in [0.25, 0.3) is 11.7 Å². The first kappa shape index (κ1) is 28.7. The van der Waals surface area contributed by atoms with E-state index in [1.807, 2.05) is 43.3 Å². The molecule has 0 aromatic heterocycles. The third-order valence-corrected chi connectivity index (χ3v) is 7.61. The summed E-state index contributed by atoms with van der Waals surface area (Å²) in [6.07, 6.45) is 2.45. The average molecular weight is 535 g/mol. The SMILES string of the molecule is CCN(CC)CCCN1C(=O)C(=O)/C(=C(/O)c2ccc3c(c2)C[C@@H](C)O3)[C@@H]1c1cccc(OCCC(C)C)c1. The molecule has 0 aliphatic carbocycles. The molecule has 1 fully saturated rings. The number of ether oxygens (including phenoxy) is 2. The topological polar surface area (TPSA) is 79.3 Å². The predicted octanol–water partition coefficient (Wildman–Crippen LogP) is 5.59. The molecule has 2 atom stereocenters. The highest BCUT2D eigenvalue weighted by Crippen LogP contribution is 2.41. The molecule has 0 spiro atoms. The minimum atomic E-state index is -0.696. The van der Waals surface area contributed by atoms with Crippen LogP contribution in [0.2, 0.25) is 0 Å². The maximum atomic E-state index is 13.5. The number of hydrogen-bond acceptors (Lipinski definition) is 6. The van der Waals surface area contributed by atoms with Crippen molar-refractivity contribution in [1.82, 2.24) is 9.80 Å². The molecule has 2 heterocycles. The maximum Gasteiger partial charge on any atom is 0.295 e. The largest absolute Gasteiger partial charge is 0.507 e. The van der Waals surface area contributed by atoms with Crippen LogP contribution >= 0.6 is 0 Å². The van der Waals surface area contributed by atoms with Crippen molar-refractivity contribution in [3.63, 3.8) is 0 Å². The summed E-state index contributed by atoms with van der Waals surface area (Å²) in [4.78, 5) is 30.8. The summed E-state index contributed by atoms with van der Waals surface area (Å²) < 4.78 is 11.8. The Hall–Kier alpha value is -3.32. The molecule has 39 heavy (non-hydrogen) atoms. The third kappa shape index (κ3) is 6.47. The summed E-state index contributed by atoms with van der Waals surface area (Å²) in [5.74, 6) is 0.607. The minimum absolute atomic E-state index is 0.0622. The normalized spacial score (nSPS) is 20.1. The number of fused-ring (bicyclic) bond motifs is 1. The van der Waals surface area contributed by atoms with Crippen LogP contribution in [0.4, 0.5) is 0 Å². The first-order chi connectivity index (χ1) is 18.7. The molecule has 7 heteroatoms. The van der Waals surface area contributed by atoms with E-state index >= 15 is 0 Å². The van der Waals surface area contributed by atoms with Crippen molar-refractivity contribution in [2.45, 2.75) is 66.0 Å². The number of benzene rings is 2. The molecule has 4 rings (SSSR count). The molecule has 7 nitrogen and oxygen atoms in total. The van der Waals surface area contributed by atoms with Crippen LogP contribution in [-0.2, 0) is 16.0 Å². The third-order valence-electron chi connectivity index (χ3n) is 7.61. The molecule has 2 aromatic rings. The molecule has 2 aliphatic heterocycles. The molecule has 0 bridgehead atoms. The number of Topliss-reactive ketones (excluding diaryl/α,β-unsaturated/α-hetero) is 1. The van der Waals surface area contributed by atoms with Gasteiger partial charge in [0.05, 0.1) is 18.2 Å². The Morgan fingerprint density at radius 2 is 1.92 bits per heavy atom. The summed E-state index contributed by atoms with van der Waals surface area (Å²) >= 11 is 0. The molecule has 1 amide bonds. The number of aliphatic hydroxyl groups excluding tert-OH is 1. The summed E-state index contributed by atoms with van der Waals surface area (Å²) in [5, 5.41) is 11.5. The van der Waals surface area contributed by atoms with Crippen molar-refractivity contribution in [3.8, 4) is 11.5 Å². The zero-order valence-electron chi connectivity index (χ0n) is 23.9. The molecule has 1 saturated heterocycles. The Morgan fingerprint density at radius 1 is 1.15 bits per heavy atom. The number of hydrogen-bond donors (Lipinski definition) is 1. The van der Waals surface area contributed by atoms with Crippen molar-refractivity contribution >= 4 is 17.4 Å². The molecule has 2 aromatic carbocycles. The molecular formula is C32H42N2O5. The Bertz CT molecular complexity index is 1220. The summed E-state index contributed by atoms with van der Waals surface area (Å²) in [6, 6.07) is 12.3. The standard InChI is InChI=1S/C32H42N2O5/c1-6-33(7-2)15-9-16-34-29(23-10-8-11-26(20-23)38-17-14-21(3)4)28(31(36)32(34)37)30(35)24-12-13-27-25(19-24)18-22(5)39-27/h8,10-13,19-22,29,35H,6-7,9,14-18H2,1-5H3/b30-28+/t22-,29+/m1/s1. The number of likely N-dealkylation sites (tertiary alicyclic amines) is 1. The zero-order valence-corrected chi connectivity index (χ0v) is 23.9. The van der Waals surface area contributed by atoms with E-state index in [1.165, 1.54) is 0 Å². The summed E-state index contributed by atoms with van der Waals surface area (Å²) in [7, 11) is 0. The van der Waals surface area contributed by atoms with Crippen LogP contribution in [0.5, 0.6) is 11.5 Å². The maximum absolute atomic E-state index is 13.5. The van der Waals surface area contributed by atoms with E-state index in [2.05, 4.69) is 32.6 Å². The van der Waals surface area contributed by atoms with E-state index in [-0.39, 0.29) is 17.4 Å². The number of nitrogens with zero attached hydrogens (tertiary/aromatic N) is 2. The lowest BCUT2D eigenvalue weighted by Crippen LogP contribution is -2.33. The molecular weight excluding hydrogens is 492 g/mol. The highest BCUT2D eigenvalue weighted by molar-refractivity contribution is 6.46.